The van der Waals surface area contributed by atoms with Gasteiger partial charge >= 0.3 is 0 Å². The molecule has 0 radical (unpaired) electrons. The van der Waals surface area contributed by atoms with E-state index in [1.165, 1.54) is 24.3 Å². The predicted molar refractivity (Wildman–Crippen MR) is 73.4 cm³/mol. The molecule has 0 aliphatic heterocycles. The van der Waals surface area contributed by atoms with Gasteiger partial charge in [0.25, 0.3) is 5.91 Å². The summed E-state index contributed by atoms with van der Waals surface area (Å²) in [5.41, 5.74) is 1.19. The van der Waals surface area contributed by atoms with Crippen LogP contribution in [0.25, 0.3) is 0 Å². The number of amides is 1. The molecule has 20 heavy (non-hydrogen) atoms. The second kappa shape index (κ2) is 6.06. The highest BCUT2D eigenvalue weighted by molar-refractivity contribution is 5.91. The maximum atomic E-state index is 12.9. The Balaban J connectivity index is 1.92. The van der Waals surface area contributed by atoms with E-state index in [1.54, 1.807) is 25.1 Å². The number of rotatable bonds is 4. The quantitative estimate of drug-likeness (QED) is 0.902. The summed E-state index contributed by atoms with van der Waals surface area (Å²) >= 11 is 0. The number of carbonyl (C=O) groups is 1. The molecule has 0 aromatic heterocycles. The van der Waals surface area contributed by atoms with Crippen molar-refractivity contribution in [2.75, 3.05) is 11.9 Å². The van der Waals surface area contributed by atoms with Crippen LogP contribution in [-0.4, -0.2) is 17.6 Å². The molecule has 0 bridgehead atoms. The molecular weight excluding hydrogens is 261 g/mol. The number of halogens is 1. The number of hydrogen-bond donors (Lipinski definition) is 2. The number of anilines is 1. The van der Waals surface area contributed by atoms with Crippen molar-refractivity contribution in [2.45, 2.75) is 6.92 Å². The number of aromatic hydroxyl groups is 1. The molecule has 0 fully saturated rings. The number of benzene rings is 2. The van der Waals surface area contributed by atoms with Gasteiger partial charge in [-0.25, -0.2) is 4.39 Å². The highest BCUT2D eigenvalue weighted by Crippen LogP contribution is 2.21. The summed E-state index contributed by atoms with van der Waals surface area (Å²) in [4.78, 5) is 11.6. The minimum Gasteiger partial charge on any atom is -0.508 e. The summed E-state index contributed by atoms with van der Waals surface area (Å²) < 4.78 is 18.2. The molecule has 2 aromatic carbocycles. The van der Waals surface area contributed by atoms with Gasteiger partial charge in [-0.05, 0) is 42.8 Å². The van der Waals surface area contributed by atoms with Crippen molar-refractivity contribution in [3.8, 4) is 11.5 Å². The SMILES string of the molecule is Cc1cc(O)cc(OCC(=O)Nc2cccc(F)c2)c1. The van der Waals surface area contributed by atoms with Crippen LogP contribution >= 0.6 is 0 Å². The number of carbonyl (C=O) groups excluding carboxylic acids is 1. The highest BCUT2D eigenvalue weighted by atomic mass is 19.1. The third-order valence-electron chi connectivity index (χ3n) is 2.51. The molecule has 0 saturated heterocycles. The van der Waals surface area contributed by atoms with Gasteiger partial charge in [0.15, 0.2) is 6.61 Å². The molecule has 0 heterocycles. The fourth-order valence-corrected chi connectivity index (χ4v) is 1.72. The van der Waals surface area contributed by atoms with Crippen molar-refractivity contribution in [1.82, 2.24) is 0 Å². The van der Waals surface area contributed by atoms with Gasteiger partial charge in [-0.1, -0.05) is 6.07 Å². The number of hydrogen-bond acceptors (Lipinski definition) is 3. The predicted octanol–water partition coefficient (Wildman–Crippen LogP) is 2.86. The molecule has 2 N–H and O–H groups in total. The van der Waals surface area contributed by atoms with Gasteiger partial charge in [-0.3, -0.25) is 4.79 Å². The topological polar surface area (TPSA) is 58.6 Å². The first-order valence-electron chi connectivity index (χ1n) is 6.02. The van der Waals surface area contributed by atoms with Crippen LogP contribution in [0.4, 0.5) is 10.1 Å². The second-order valence-corrected chi connectivity index (χ2v) is 4.35. The zero-order chi connectivity index (χ0) is 14.5. The van der Waals surface area contributed by atoms with E-state index in [0.717, 1.165) is 5.56 Å². The molecule has 4 nitrogen and oxygen atoms in total. The van der Waals surface area contributed by atoms with Gasteiger partial charge in [-0.2, -0.15) is 0 Å². The first-order chi connectivity index (χ1) is 9.52. The molecule has 0 spiro atoms. The van der Waals surface area contributed by atoms with E-state index < -0.39 is 11.7 Å². The number of phenolic OH excluding ortho intramolecular Hbond substituents is 1. The van der Waals surface area contributed by atoms with E-state index in [4.69, 9.17) is 4.74 Å². The lowest BCUT2D eigenvalue weighted by molar-refractivity contribution is -0.118. The van der Waals surface area contributed by atoms with Gasteiger partial charge in [0, 0.05) is 11.8 Å². The van der Waals surface area contributed by atoms with Crippen molar-refractivity contribution in [3.63, 3.8) is 0 Å². The van der Waals surface area contributed by atoms with Crippen LogP contribution in [0.5, 0.6) is 11.5 Å². The van der Waals surface area contributed by atoms with Crippen LogP contribution in [0.1, 0.15) is 5.56 Å². The van der Waals surface area contributed by atoms with Gasteiger partial charge in [-0.15, -0.1) is 0 Å². The summed E-state index contributed by atoms with van der Waals surface area (Å²) in [7, 11) is 0. The van der Waals surface area contributed by atoms with Crippen molar-refractivity contribution < 1.29 is 19.0 Å². The van der Waals surface area contributed by atoms with E-state index in [0.29, 0.717) is 11.4 Å². The van der Waals surface area contributed by atoms with Crippen LogP contribution in [0.2, 0.25) is 0 Å². The molecule has 0 atom stereocenters. The number of aryl methyl sites for hydroxylation is 1. The first kappa shape index (κ1) is 13.9. The summed E-state index contributed by atoms with van der Waals surface area (Å²) in [6.07, 6.45) is 0. The molecular formula is C15H14FNO3. The molecule has 1 amide bonds. The maximum Gasteiger partial charge on any atom is 0.262 e. The van der Waals surface area contributed by atoms with E-state index in [-0.39, 0.29) is 12.4 Å². The Labute approximate surface area is 115 Å². The van der Waals surface area contributed by atoms with Gasteiger partial charge in [0.1, 0.15) is 17.3 Å². The second-order valence-electron chi connectivity index (χ2n) is 4.35. The van der Waals surface area contributed by atoms with Gasteiger partial charge in [0.05, 0.1) is 0 Å². The Morgan fingerprint density at radius 1 is 1.30 bits per heavy atom. The van der Waals surface area contributed by atoms with E-state index in [2.05, 4.69) is 5.32 Å². The Bertz CT molecular complexity index is 608. The van der Waals surface area contributed by atoms with Crippen LogP contribution in [0.15, 0.2) is 42.5 Å². The maximum absolute atomic E-state index is 12.9. The van der Waals surface area contributed by atoms with Gasteiger partial charge < -0.3 is 15.2 Å². The Morgan fingerprint density at radius 2 is 2.10 bits per heavy atom. The highest BCUT2D eigenvalue weighted by Gasteiger charge is 2.05. The average Bonchev–Trinajstić information content (AvgIpc) is 2.35. The lowest BCUT2D eigenvalue weighted by Crippen LogP contribution is -2.20. The third kappa shape index (κ3) is 3.98. The molecule has 0 unspecified atom stereocenters. The molecule has 104 valence electrons. The minimum atomic E-state index is -0.424. The van der Waals surface area contributed by atoms with Crippen molar-refractivity contribution in [3.05, 3.63) is 53.8 Å². The van der Waals surface area contributed by atoms with Crippen LogP contribution in [0, 0.1) is 12.7 Å². The Kier molecular flexibility index (Phi) is 4.20. The number of ether oxygens (including phenoxy) is 1. The lowest BCUT2D eigenvalue weighted by Gasteiger charge is -2.08. The molecule has 5 heteroatoms. The average molecular weight is 275 g/mol. The van der Waals surface area contributed by atoms with Crippen LogP contribution in [0.3, 0.4) is 0 Å². The summed E-state index contributed by atoms with van der Waals surface area (Å²) in [6, 6.07) is 10.3. The van der Waals surface area contributed by atoms with Crippen molar-refractivity contribution in [2.24, 2.45) is 0 Å². The fourth-order valence-electron chi connectivity index (χ4n) is 1.72. The molecule has 2 aromatic rings. The zero-order valence-corrected chi connectivity index (χ0v) is 10.9. The standard InChI is InChI=1S/C15H14FNO3/c1-10-5-13(18)8-14(6-10)20-9-15(19)17-12-4-2-3-11(16)7-12/h2-8,18H,9H2,1H3,(H,17,19). The lowest BCUT2D eigenvalue weighted by atomic mass is 10.2. The van der Waals surface area contributed by atoms with E-state index in [1.807, 2.05) is 0 Å². The summed E-state index contributed by atoms with van der Waals surface area (Å²) in [5.74, 6) is -0.355. The largest absolute Gasteiger partial charge is 0.508 e. The summed E-state index contributed by atoms with van der Waals surface area (Å²) in [5, 5.41) is 11.9. The smallest absolute Gasteiger partial charge is 0.262 e. The molecule has 0 aliphatic carbocycles. The third-order valence-corrected chi connectivity index (χ3v) is 2.51. The fraction of sp³-hybridized carbons (Fsp3) is 0.133. The van der Waals surface area contributed by atoms with Crippen LogP contribution < -0.4 is 10.1 Å². The Morgan fingerprint density at radius 3 is 2.80 bits per heavy atom. The summed E-state index contributed by atoms with van der Waals surface area (Å²) in [6.45, 7) is 1.58. The van der Waals surface area contributed by atoms with Crippen LogP contribution in [-0.2, 0) is 4.79 Å². The molecule has 2 rings (SSSR count). The molecule has 0 aliphatic rings. The molecule has 0 saturated carbocycles. The van der Waals surface area contributed by atoms with Crippen molar-refractivity contribution in [1.29, 1.82) is 0 Å². The minimum absolute atomic E-state index is 0.0746. The normalized spacial score (nSPS) is 10.1. The monoisotopic (exact) mass is 275 g/mol. The first-order valence-corrected chi connectivity index (χ1v) is 6.02. The number of nitrogens with one attached hydrogen (secondary N) is 1. The van der Waals surface area contributed by atoms with E-state index >= 15 is 0 Å². The van der Waals surface area contributed by atoms with Crippen molar-refractivity contribution >= 4 is 11.6 Å². The number of phenols is 1. The van der Waals surface area contributed by atoms with E-state index in [9.17, 15) is 14.3 Å². The zero-order valence-electron chi connectivity index (χ0n) is 10.9. The Hall–Kier alpha value is -2.56. The van der Waals surface area contributed by atoms with Gasteiger partial charge in [0.2, 0.25) is 0 Å².